The average Bonchev–Trinajstić information content (AvgIpc) is 2.22. The van der Waals surface area contributed by atoms with E-state index >= 15 is 0 Å². The quantitative estimate of drug-likeness (QED) is 0.910. The van der Waals surface area contributed by atoms with E-state index in [1.807, 2.05) is 19.9 Å². The Morgan fingerprint density at radius 3 is 2.44 bits per heavy atom. The number of rotatable bonds is 4. The Morgan fingerprint density at radius 2 is 2.00 bits per heavy atom. The van der Waals surface area contributed by atoms with Crippen molar-refractivity contribution in [1.29, 1.82) is 0 Å². The van der Waals surface area contributed by atoms with Crippen LogP contribution in [0.15, 0.2) is 12.1 Å². The van der Waals surface area contributed by atoms with E-state index in [2.05, 4.69) is 0 Å². The molecule has 0 radical (unpaired) electrons. The first kappa shape index (κ1) is 13.5. The number of benzene rings is 1. The summed E-state index contributed by atoms with van der Waals surface area (Å²) < 4.78 is 11.4. The number of nitrogens with two attached hydrogens (primary N) is 1. The zero-order valence-corrected chi connectivity index (χ0v) is 11.9. The molecule has 1 aliphatic rings. The van der Waals surface area contributed by atoms with Gasteiger partial charge in [-0.05, 0) is 39.2 Å². The lowest BCUT2D eigenvalue weighted by atomic mass is 9.93. The Bertz CT molecular complexity index is 436. The molecule has 100 valence electrons. The van der Waals surface area contributed by atoms with Crippen molar-refractivity contribution >= 4 is 11.6 Å². The summed E-state index contributed by atoms with van der Waals surface area (Å²) in [6.07, 6.45) is 3.69. The fourth-order valence-electron chi connectivity index (χ4n) is 1.98. The van der Waals surface area contributed by atoms with Crippen LogP contribution in [0, 0.1) is 0 Å². The maximum atomic E-state index is 6.19. The SMILES string of the molecule is COc1cc(Cl)cc(C(C)(C)N)c1OC1CCC1. The molecule has 0 aliphatic heterocycles. The molecule has 0 spiro atoms. The molecule has 2 N–H and O–H groups in total. The molecule has 4 heteroatoms. The summed E-state index contributed by atoms with van der Waals surface area (Å²) in [6, 6.07) is 3.63. The first-order valence-corrected chi connectivity index (χ1v) is 6.63. The van der Waals surface area contributed by atoms with Gasteiger partial charge in [0, 0.05) is 22.2 Å². The Hall–Kier alpha value is -0.930. The van der Waals surface area contributed by atoms with Crippen LogP contribution in [0.25, 0.3) is 0 Å². The molecule has 1 aromatic rings. The van der Waals surface area contributed by atoms with E-state index in [0.29, 0.717) is 10.8 Å². The minimum Gasteiger partial charge on any atom is -0.493 e. The van der Waals surface area contributed by atoms with Crippen molar-refractivity contribution in [2.45, 2.75) is 44.8 Å². The summed E-state index contributed by atoms with van der Waals surface area (Å²) in [5.41, 5.74) is 6.56. The van der Waals surface area contributed by atoms with E-state index in [9.17, 15) is 0 Å². The van der Waals surface area contributed by atoms with Gasteiger partial charge in [0.15, 0.2) is 11.5 Å². The maximum absolute atomic E-state index is 6.19. The fourth-order valence-corrected chi connectivity index (χ4v) is 2.18. The van der Waals surface area contributed by atoms with E-state index < -0.39 is 5.54 Å². The second-order valence-corrected chi connectivity index (χ2v) is 5.81. The van der Waals surface area contributed by atoms with Gasteiger partial charge in [-0.1, -0.05) is 11.6 Å². The molecule has 2 rings (SSSR count). The Balaban J connectivity index is 2.43. The molecule has 1 fully saturated rings. The van der Waals surface area contributed by atoms with Gasteiger partial charge in [0.1, 0.15) is 0 Å². The Morgan fingerprint density at radius 1 is 1.33 bits per heavy atom. The van der Waals surface area contributed by atoms with E-state index in [4.69, 9.17) is 26.8 Å². The highest BCUT2D eigenvalue weighted by Crippen LogP contribution is 2.41. The minimum absolute atomic E-state index is 0.279. The third kappa shape index (κ3) is 2.73. The van der Waals surface area contributed by atoms with Crippen LogP contribution in [0.4, 0.5) is 0 Å². The van der Waals surface area contributed by atoms with Gasteiger partial charge in [-0.3, -0.25) is 0 Å². The van der Waals surface area contributed by atoms with Crippen LogP contribution >= 0.6 is 11.6 Å². The molecule has 0 aromatic heterocycles. The zero-order chi connectivity index (χ0) is 13.3. The second-order valence-electron chi connectivity index (χ2n) is 5.38. The molecular formula is C14H20ClNO2. The molecule has 0 heterocycles. The molecule has 0 saturated heterocycles. The smallest absolute Gasteiger partial charge is 0.166 e. The van der Waals surface area contributed by atoms with Gasteiger partial charge in [0.05, 0.1) is 13.2 Å². The highest BCUT2D eigenvalue weighted by molar-refractivity contribution is 6.30. The molecule has 18 heavy (non-hydrogen) atoms. The van der Waals surface area contributed by atoms with Crippen LogP contribution in [0.1, 0.15) is 38.7 Å². The van der Waals surface area contributed by atoms with Crippen molar-refractivity contribution in [1.82, 2.24) is 0 Å². The predicted octanol–water partition coefficient (Wildman–Crippen LogP) is 3.47. The monoisotopic (exact) mass is 269 g/mol. The molecule has 3 nitrogen and oxygen atoms in total. The largest absolute Gasteiger partial charge is 0.493 e. The number of ether oxygens (including phenoxy) is 2. The maximum Gasteiger partial charge on any atom is 0.166 e. The van der Waals surface area contributed by atoms with Gasteiger partial charge < -0.3 is 15.2 Å². The van der Waals surface area contributed by atoms with Gasteiger partial charge in [-0.2, -0.15) is 0 Å². The third-order valence-electron chi connectivity index (χ3n) is 3.27. The summed E-state index contributed by atoms with van der Waals surface area (Å²) in [6.45, 7) is 3.87. The molecule has 1 aliphatic carbocycles. The van der Waals surface area contributed by atoms with Gasteiger partial charge in [0.25, 0.3) is 0 Å². The van der Waals surface area contributed by atoms with Crippen LogP contribution in [-0.2, 0) is 5.54 Å². The minimum atomic E-state index is -0.517. The van der Waals surface area contributed by atoms with Crippen LogP contribution in [0.2, 0.25) is 5.02 Å². The van der Waals surface area contributed by atoms with Crippen molar-refractivity contribution in [3.63, 3.8) is 0 Å². The normalized spacial score (nSPS) is 16.3. The summed E-state index contributed by atoms with van der Waals surface area (Å²) in [4.78, 5) is 0. The number of hydrogen-bond acceptors (Lipinski definition) is 3. The van der Waals surface area contributed by atoms with Crippen molar-refractivity contribution in [3.05, 3.63) is 22.7 Å². The molecular weight excluding hydrogens is 250 g/mol. The highest BCUT2D eigenvalue weighted by Gasteiger charge is 2.27. The van der Waals surface area contributed by atoms with Crippen molar-refractivity contribution in [2.24, 2.45) is 5.73 Å². The first-order chi connectivity index (χ1) is 8.41. The standard InChI is InChI=1S/C14H20ClNO2/c1-14(2,16)11-7-9(15)8-12(17-3)13(11)18-10-5-4-6-10/h7-8,10H,4-6,16H2,1-3H3. The predicted molar refractivity (Wildman–Crippen MR) is 73.5 cm³/mol. The second kappa shape index (κ2) is 4.98. The molecule has 1 saturated carbocycles. The van der Waals surface area contributed by atoms with Crippen LogP contribution < -0.4 is 15.2 Å². The molecule has 0 unspecified atom stereocenters. The van der Waals surface area contributed by atoms with Gasteiger partial charge in [-0.15, -0.1) is 0 Å². The van der Waals surface area contributed by atoms with Crippen molar-refractivity contribution in [2.75, 3.05) is 7.11 Å². The van der Waals surface area contributed by atoms with E-state index in [0.717, 1.165) is 24.2 Å². The molecule has 0 amide bonds. The number of halogens is 1. The van der Waals surface area contributed by atoms with Gasteiger partial charge >= 0.3 is 0 Å². The number of hydrogen-bond donors (Lipinski definition) is 1. The summed E-state index contributed by atoms with van der Waals surface area (Å²) >= 11 is 6.10. The van der Waals surface area contributed by atoms with E-state index in [1.165, 1.54) is 6.42 Å². The van der Waals surface area contributed by atoms with Gasteiger partial charge in [0.2, 0.25) is 0 Å². The Kier molecular flexibility index (Phi) is 3.74. The number of methoxy groups -OCH3 is 1. The fraction of sp³-hybridized carbons (Fsp3) is 0.571. The average molecular weight is 270 g/mol. The van der Waals surface area contributed by atoms with E-state index in [-0.39, 0.29) is 6.10 Å². The molecule has 0 atom stereocenters. The van der Waals surface area contributed by atoms with Crippen molar-refractivity contribution in [3.8, 4) is 11.5 Å². The zero-order valence-electron chi connectivity index (χ0n) is 11.1. The lowest BCUT2D eigenvalue weighted by molar-refractivity contribution is 0.113. The summed E-state index contributed by atoms with van der Waals surface area (Å²) in [5.74, 6) is 1.39. The van der Waals surface area contributed by atoms with Crippen molar-refractivity contribution < 1.29 is 9.47 Å². The Labute approximate surface area is 113 Å². The van der Waals surface area contributed by atoms with Crippen LogP contribution in [0.3, 0.4) is 0 Å². The lowest BCUT2D eigenvalue weighted by Crippen LogP contribution is -2.32. The topological polar surface area (TPSA) is 44.5 Å². The summed E-state index contributed by atoms with van der Waals surface area (Å²) in [5, 5.41) is 0.612. The summed E-state index contributed by atoms with van der Waals surface area (Å²) in [7, 11) is 1.62. The van der Waals surface area contributed by atoms with Crippen LogP contribution in [0.5, 0.6) is 11.5 Å². The lowest BCUT2D eigenvalue weighted by Gasteiger charge is -2.31. The highest BCUT2D eigenvalue weighted by atomic mass is 35.5. The molecule has 0 bridgehead atoms. The third-order valence-corrected chi connectivity index (χ3v) is 3.49. The van der Waals surface area contributed by atoms with Gasteiger partial charge in [-0.25, -0.2) is 0 Å². The van der Waals surface area contributed by atoms with Crippen LogP contribution in [-0.4, -0.2) is 13.2 Å². The molecule has 1 aromatic carbocycles. The first-order valence-electron chi connectivity index (χ1n) is 6.25. The van der Waals surface area contributed by atoms with E-state index in [1.54, 1.807) is 13.2 Å².